The van der Waals surface area contributed by atoms with Crippen LogP contribution in [-0.2, 0) is 0 Å². The summed E-state index contributed by atoms with van der Waals surface area (Å²) < 4.78 is 15.4. The molecule has 0 aromatic carbocycles. The fraction of sp³-hybridized carbons (Fsp3) is 0.227. The number of pyridine rings is 1. The Bertz CT molecular complexity index is 1220. The quantitative estimate of drug-likeness (QED) is 0.535. The number of piperidine rings is 1. The van der Waals surface area contributed by atoms with Crippen molar-refractivity contribution < 1.29 is 4.39 Å². The average molecular weight is 416 g/mol. The van der Waals surface area contributed by atoms with Gasteiger partial charge in [-0.3, -0.25) is 4.40 Å². The standard InChI is InChI=1S/C22H21FN8/c1-15(16-9-24-14-25-10-16)30-8-2-3-18(13-30)28-20-6-7-26-22(29-20)19-11-27-21-5-4-17(23)12-31(19)21/h4-7,9-12,14,18H,1-3,8,13H2,(H,26,28,29). The van der Waals surface area contributed by atoms with Crippen LogP contribution in [0.2, 0.25) is 0 Å². The lowest BCUT2D eigenvalue weighted by atomic mass is 10.0. The Labute approximate surface area is 178 Å². The largest absolute Gasteiger partial charge is 0.369 e. The maximum atomic E-state index is 13.7. The third kappa shape index (κ3) is 3.94. The number of imidazole rings is 1. The minimum atomic E-state index is -0.340. The van der Waals surface area contributed by atoms with E-state index in [0.717, 1.165) is 43.0 Å². The highest BCUT2D eigenvalue weighted by Crippen LogP contribution is 2.24. The van der Waals surface area contributed by atoms with Gasteiger partial charge in [0.2, 0.25) is 0 Å². The number of hydrogen-bond donors (Lipinski definition) is 1. The molecule has 1 fully saturated rings. The van der Waals surface area contributed by atoms with E-state index in [1.807, 2.05) is 6.07 Å². The molecule has 31 heavy (non-hydrogen) atoms. The van der Waals surface area contributed by atoms with Gasteiger partial charge in [-0.25, -0.2) is 29.3 Å². The third-order valence-electron chi connectivity index (χ3n) is 5.40. The molecule has 9 heteroatoms. The number of fused-ring (bicyclic) bond motifs is 1. The second-order valence-corrected chi connectivity index (χ2v) is 7.49. The van der Waals surface area contributed by atoms with Gasteiger partial charge in [-0.2, -0.15) is 0 Å². The average Bonchev–Trinajstić information content (AvgIpc) is 3.22. The second kappa shape index (κ2) is 8.10. The lowest BCUT2D eigenvalue weighted by Crippen LogP contribution is -2.41. The number of hydrogen-bond acceptors (Lipinski definition) is 7. The molecular weight excluding hydrogens is 395 g/mol. The SMILES string of the molecule is C=C(c1cncnc1)N1CCCC(Nc2ccnc(-c3cnc4ccc(F)cn34)n2)C1. The van der Waals surface area contributed by atoms with Crippen LogP contribution in [0.4, 0.5) is 10.2 Å². The van der Waals surface area contributed by atoms with Crippen LogP contribution in [0.25, 0.3) is 22.9 Å². The van der Waals surface area contributed by atoms with Crippen LogP contribution in [0.15, 0.2) is 62.1 Å². The van der Waals surface area contributed by atoms with E-state index in [1.165, 1.54) is 18.6 Å². The number of rotatable bonds is 5. The van der Waals surface area contributed by atoms with Crippen molar-refractivity contribution in [2.45, 2.75) is 18.9 Å². The van der Waals surface area contributed by atoms with Gasteiger partial charge in [-0.05, 0) is 31.0 Å². The zero-order valence-corrected chi connectivity index (χ0v) is 16.8. The Hall–Kier alpha value is -3.88. The summed E-state index contributed by atoms with van der Waals surface area (Å²) in [5, 5.41) is 3.51. The molecule has 5 heterocycles. The van der Waals surface area contributed by atoms with Crippen molar-refractivity contribution in [3.8, 4) is 11.5 Å². The Balaban J connectivity index is 1.33. The lowest BCUT2D eigenvalue weighted by molar-refractivity contribution is 0.306. The van der Waals surface area contributed by atoms with Crippen molar-refractivity contribution in [1.82, 2.24) is 34.2 Å². The molecule has 1 aliphatic heterocycles. The van der Waals surface area contributed by atoms with E-state index in [2.05, 4.69) is 41.7 Å². The van der Waals surface area contributed by atoms with Gasteiger partial charge < -0.3 is 10.2 Å². The monoisotopic (exact) mass is 416 g/mol. The summed E-state index contributed by atoms with van der Waals surface area (Å²) in [4.78, 5) is 23.7. The van der Waals surface area contributed by atoms with Gasteiger partial charge in [0.05, 0.1) is 6.20 Å². The molecule has 0 spiro atoms. The van der Waals surface area contributed by atoms with E-state index in [9.17, 15) is 4.39 Å². The first-order chi connectivity index (χ1) is 15.2. The summed E-state index contributed by atoms with van der Waals surface area (Å²) in [6.07, 6.45) is 11.9. The van der Waals surface area contributed by atoms with Gasteiger partial charge in [0, 0.05) is 55.2 Å². The van der Waals surface area contributed by atoms with E-state index in [4.69, 9.17) is 0 Å². The smallest absolute Gasteiger partial charge is 0.180 e. The van der Waals surface area contributed by atoms with Crippen LogP contribution in [0.5, 0.6) is 0 Å². The summed E-state index contributed by atoms with van der Waals surface area (Å²) in [5.74, 6) is 0.867. The molecule has 4 aromatic heterocycles. The molecule has 5 rings (SSSR count). The predicted octanol–water partition coefficient (Wildman–Crippen LogP) is 3.27. The predicted molar refractivity (Wildman–Crippen MR) is 115 cm³/mol. The molecule has 156 valence electrons. The summed E-state index contributed by atoms with van der Waals surface area (Å²) in [7, 11) is 0. The maximum Gasteiger partial charge on any atom is 0.180 e. The van der Waals surface area contributed by atoms with E-state index in [0.29, 0.717) is 17.2 Å². The van der Waals surface area contributed by atoms with E-state index < -0.39 is 0 Å². The van der Waals surface area contributed by atoms with E-state index in [-0.39, 0.29) is 11.9 Å². The molecule has 0 aliphatic carbocycles. The molecule has 1 saturated heterocycles. The normalized spacial score (nSPS) is 16.4. The molecule has 0 saturated carbocycles. The number of likely N-dealkylation sites (tertiary alicyclic amines) is 1. The van der Waals surface area contributed by atoms with Gasteiger partial charge in [0.1, 0.15) is 29.3 Å². The molecule has 1 aliphatic rings. The Morgan fingerprint density at radius 2 is 2.00 bits per heavy atom. The molecule has 0 bridgehead atoms. The van der Waals surface area contributed by atoms with Crippen molar-refractivity contribution in [2.24, 2.45) is 0 Å². The molecule has 1 N–H and O–H groups in total. The van der Waals surface area contributed by atoms with Gasteiger partial charge >= 0.3 is 0 Å². The molecule has 0 amide bonds. The van der Waals surface area contributed by atoms with E-state index in [1.54, 1.807) is 35.3 Å². The van der Waals surface area contributed by atoms with Crippen LogP contribution < -0.4 is 5.32 Å². The minimum Gasteiger partial charge on any atom is -0.369 e. The summed E-state index contributed by atoms with van der Waals surface area (Å²) in [5.41, 5.74) is 3.13. The number of nitrogens with zero attached hydrogens (tertiary/aromatic N) is 7. The van der Waals surface area contributed by atoms with Gasteiger partial charge in [-0.15, -0.1) is 0 Å². The number of aromatic nitrogens is 6. The van der Waals surface area contributed by atoms with Crippen LogP contribution >= 0.6 is 0 Å². The highest BCUT2D eigenvalue weighted by atomic mass is 19.1. The molecule has 8 nitrogen and oxygen atoms in total. The molecule has 1 unspecified atom stereocenters. The maximum absolute atomic E-state index is 13.7. The van der Waals surface area contributed by atoms with Gasteiger partial charge in [-0.1, -0.05) is 6.58 Å². The molecular formula is C22H21FN8. The van der Waals surface area contributed by atoms with Crippen LogP contribution in [0, 0.1) is 5.82 Å². The van der Waals surface area contributed by atoms with Crippen molar-refractivity contribution in [1.29, 1.82) is 0 Å². The number of nitrogens with one attached hydrogen (secondary N) is 1. The highest BCUT2D eigenvalue weighted by molar-refractivity contribution is 5.61. The second-order valence-electron chi connectivity index (χ2n) is 7.49. The van der Waals surface area contributed by atoms with E-state index >= 15 is 0 Å². The zero-order valence-electron chi connectivity index (χ0n) is 16.8. The van der Waals surface area contributed by atoms with Crippen LogP contribution in [-0.4, -0.2) is 53.4 Å². The van der Waals surface area contributed by atoms with Crippen molar-refractivity contribution in [3.63, 3.8) is 0 Å². The summed E-state index contributed by atoms with van der Waals surface area (Å²) >= 11 is 0. The zero-order chi connectivity index (χ0) is 21.2. The third-order valence-corrected chi connectivity index (χ3v) is 5.40. The summed E-state index contributed by atoms with van der Waals surface area (Å²) in [6.45, 7) is 5.96. The van der Waals surface area contributed by atoms with Crippen molar-refractivity contribution in [2.75, 3.05) is 18.4 Å². The fourth-order valence-electron chi connectivity index (χ4n) is 3.86. The summed E-state index contributed by atoms with van der Waals surface area (Å²) in [6, 6.07) is 5.06. The first-order valence-corrected chi connectivity index (χ1v) is 10.1. The number of anilines is 1. The lowest BCUT2D eigenvalue weighted by Gasteiger charge is -2.36. The molecule has 1 atom stereocenters. The van der Waals surface area contributed by atoms with Crippen LogP contribution in [0.3, 0.4) is 0 Å². The first kappa shape index (κ1) is 19.1. The Kier molecular flexibility index (Phi) is 4.99. The minimum absolute atomic E-state index is 0.206. The van der Waals surface area contributed by atoms with Gasteiger partial charge in [0.15, 0.2) is 5.82 Å². The fourth-order valence-corrected chi connectivity index (χ4v) is 3.86. The highest BCUT2D eigenvalue weighted by Gasteiger charge is 2.22. The molecule has 0 radical (unpaired) electrons. The van der Waals surface area contributed by atoms with Crippen molar-refractivity contribution >= 4 is 17.2 Å². The Morgan fingerprint density at radius 3 is 2.87 bits per heavy atom. The number of halogens is 1. The van der Waals surface area contributed by atoms with Gasteiger partial charge in [0.25, 0.3) is 0 Å². The van der Waals surface area contributed by atoms with Crippen LogP contribution in [0.1, 0.15) is 18.4 Å². The topological polar surface area (TPSA) is 84.1 Å². The molecule has 4 aromatic rings. The Morgan fingerprint density at radius 1 is 1.13 bits per heavy atom. The first-order valence-electron chi connectivity index (χ1n) is 10.1. The van der Waals surface area contributed by atoms with Crippen molar-refractivity contribution in [3.05, 3.63) is 73.5 Å².